The van der Waals surface area contributed by atoms with Crippen molar-refractivity contribution in [1.29, 1.82) is 0 Å². The number of esters is 2. The summed E-state index contributed by atoms with van der Waals surface area (Å²) in [6.45, 7) is 32.6. The van der Waals surface area contributed by atoms with E-state index in [-0.39, 0.29) is 116 Å². The quantitative estimate of drug-likeness (QED) is 0.0388. The van der Waals surface area contributed by atoms with Crippen LogP contribution >= 0.6 is 27.0 Å². The zero-order valence-electron chi connectivity index (χ0n) is 63.2. The Bertz CT molecular complexity index is 4050. The second kappa shape index (κ2) is 37.4. The number of carbonyl (C=O) groups excluding carboxylic acids is 3. The predicted octanol–water partition coefficient (Wildman–Crippen LogP) is 16.7. The molecule has 564 valence electrons. The average molecular weight is 1460 g/mol. The fourth-order valence-electron chi connectivity index (χ4n) is 16.3. The zero-order chi connectivity index (χ0) is 73.9. The highest BCUT2D eigenvalue weighted by Gasteiger charge is 2.45. The zero-order valence-corrected chi connectivity index (χ0v) is 65.2. The molecule has 2 aliphatic heterocycles. The molecule has 2 spiro atoms. The monoisotopic (exact) mass is 1460 g/mol. The maximum absolute atomic E-state index is 16.7. The van der Waals surface area contributed by atoms with Crippen molar-refractivity contribution >= 4 is 50.7 Å². The molecule has 6 aromatic rings. The van der Waals surface area contributed by atoms with Crippen LogP contribution in [0, 0.1) is 101 Å². The van der Waals surface area contributed by atoms with Crippen molar-refractivity contribution in [2.45, 2.75) is 217 Å². The van der Waals surface area contributed by atoms with Crippen LogP contribution in [0.4, 0.5) is 17.6 Å². The molecule has 14 nitrogen and oxygen atoms in total. The van der Waals surface area contributed by atoms with Gasteiger partial charge in [-0.1, -0.05) is 89.8 Å². The highest BCUT2D eigenvalue weighted by atomic mass is 32.1. The lowest BCUT2D eigenvalue weighted by Gasteiger charge is -2.48. The first-order chi connectivity index (χ1) is 47.8. The fraction of sp³-hybridized carbons (Fsp3) is 0.542. The van der Waals surface area contributed by atoms with Crippen molar-refractivity contribution < 1.29 is 51.3 Å². The molecule has 3 N–H and O–H groups in total. The first kappa shape index (κ1) is 85.1. The molecule has 4 aromatic carbocycles. The summed E-state index contributed by atoms with van der Waals surface area (Å²) in [5, 5.41) is 9.58. The maximum Gasteiger partial charge on any atom is 0.326 e. The van der Waals surface area contributed by atoms with Crippen LogP contribution in [0.3, 0.4) is 0 Å². The number of ketones is 1. The SMILES string of the molecule is CCOC(=O)C[C@H](CC(=O)C(CC(C)C)n1cc(CCN2CC3(CCCC3)C2)c(C)cc1=O)c1c(F)c(C)cc(-c2c(C)cccc2C)c1F.CCOC(=O)C[C@H](N)c1c(F)c(C)cc(-c2c(C)cccc2C)c1F.Cc1cc(=O)n(C(CC(C)C)C(=O)O)cc1CCN1CC2(CCCC2)C1.S.S. The number of aryl methyl sites for hydroxylation is 8. The Morgan fingerprint density at radius 3 is 1.27 bits per heavy atom. The number of benzene rings is 4. The van der Waals surface area contributed by atoms with Crippen LogP contribution in [0.15, 0.2) is 82.6 Å². The number of carboxylic acid groups (broad SMARTS) is 1. The number of aromatic nitrogens is 2. The summed E-state index contributed by atoms with van der Waals surface area (Å²) >= 11 is 0. The summed E-state index contributed by atoms with van der Waals surface area (Å²) in [4.78, 5) is 81.6. The molecule has 0 bridgehead atoms. The number of hydrogen-bond donors (Lipinski definition) is 2. The number of carboxylic acids is 1. The Kier molecular flexibility index (Phi) is 30.9. The minimum Gasteiger partial charge on any atom is -0.480 e. The molecule has 0 radical (unpaired) electrons. The molecule has 2 saturated heterocycles. The van der Waals surface area contributed by atoms with Gasteiger partial charge in [-0.2, -0.15) is 27.0 Å². The number of pyridine rings is 2. The van der Waals surface area contributed by atoms with Gasteiger partial charge >= 0.3 is 17.9 Å². The summed E-state index contributed by atoms with van der Waals surface area (Å²) < 4.78 is 75.6. The van der Waals surface area contributed by atoms with E-state index in [0.29, 0.717) is 40.4 Å². The highest BCUT2D eigenvalue weighted by Crippen LogP contribution is 2.47. The molecule has 4 heterocycles. The molecule has 103 heavy (non-hydrogen) atoms. The van der Waals surface area contributed by atoms with E-state index in [2.05, 4.69) is 9.80 Å². The predicted molar refractivity (Wildman–Crippen MR) is 412 cm³/mol. The van der Waals surface area contributed by atoms with Gasteiger partial charge in [0, 0.05) is 104 Å². The summed E-state index contributed by atoms with van der Waals surface area (Å²) in [7, 11) is 0. The Morgan fingerprint density at radius 1 is 0.515 bits per heavy atom. The topological polar surface area (TPSA) is 183 Å². The summed E-state index contributed by atoms with van der Waals surface area (Å²) in [6.07, 6.45) is 15.9. The molecular weight excluding hydrogens is 1350 g/mol. The summed E-state index contributed by atoms with van der Waals surface area (Å²) in [6, 6.07) is 14.7. The number of aliphatic carboxylic acids is 1. The Balaban J connectivity index is 0.000000265. The number of nitrogens with two attached hydrogens (primary N) is 1. The molecule has 4 atom stereocenters. The van der Waals surface area contributed by atoms with Crippen LogP contribution in [0.5, 0.6) is 0 Å². The Labute approximate surface area is 621 Å². The van der Waals surface area contributed by atoms with Crippen molar-refractivity contribution in [3.63, 3.8) is 0 Å². The molecule has 2 unspecified atom stereocenters. The number of halogens is 4. The maximum atomic E-state index is 16.7. The van der Waals surface area contributed by atoms with Crippen molar-refractivity contribution in [1.82, 2.24) is 18.9 Å². The third-order valence-corrected chi connectivity index (χ3v) is 21.4. The van der Waals surface area contributed by atoms with Crippen LogP contribution in [0.2, 0.25) is 0 Å². The van der Waals surface area contributed by atoms with Crippen LogP contribution in [-0.2, 0) is 41.5 Å². The third-order valence-electron chi connectivity index (χ3n) is 21.4. The Morgan fingerprint density at radius 2 is 0.883 bits per heavy atom. The van der Waals surface area contributed by atoms with Gasteiger partial charge in [-0.25, -0.2) is 22.4 Å². The summed E-state index contributed by atoms with van der Waals surface area (Å²) in [5.74, 6) is -6.36. The first-order valence-corrected chi connectivity index (χ1v) is 36.6. The largest absolute Gasteiger partial charge is 0.480 e. The van der Waals surface area contributed by atoms with Crippen LogP contribution < -0.4 is 16.9 Å². The first-order valence-electron chi connectivity index (χ1n) is 36.6. The molecule has 10 rings (SSSR count). The molecule has 2 saturated carbocycles. The number of rotatable bonds is 26. The minimum absolute atomic E-state index is 0. The van der Waals surface area contributed by atoms with Crippen molar-refractivity contribution in [2.75, 3.05) is 52.5 Å². The lowest BCUT2D eigenvalue weighted by atomic mass is 9.78. The van der Waals surface area contributed by atoms with Gasteiger partial charge in [-0.05, 0) is 222 Å². The van der Waals surface area contributed by atoms with E-state index >= 15 is 13.2 Å². The number of carbonyl (C=O) groups is 4. The molecule has 2 aliphatic carbocycles. The van der Waals surface area contributed by atoms with Crippen LogP contribution in [0.1, 0.15) is 216 Å². The number of Topliss-reactive ketones (excluding diaryl/α,β-unsaturated/α-hetero) is 1. The smallest absolute Gasteiger partial charge is 0.326 e. The molecule has 4 fully saturated rings. The van der Waals surface area contributed by atoms with Crippen LogP contribution in [-0.4, -0.2) is 100 Å². The van der Waals surface area contributed by atoms with Crippen molar-refractivity contribution in [3.8, 4) is 22.3 Å². The molecule has 2 aromatic heterocycles. The number of hydrogen-bond acceptors (Lipinski definition) is 11. The molecular formula is C83H113F4N5O9S2. The van der Waals surface area contributed by atoms with E-state index in [1.165, 1.54) is 85.7 Å². The van der Waals surface area contributed by atoms with Gasteiger partial charge in [0.1, 0.15) is 29.3 Å². The highest BCUT2D eigenvalue weighted by molar-refractivity contribution is 7.59. The van der Waals surface area contributed by atoms with E-state index in [9.17, 15) is 38.3 Å². The molecule has 4 aliphatic rings. The molecule has 20 heteroatoms. The van der Waals surface area contributed by atoms with E-state index in [0.717, 1.165) is 83.5 Å². The van der Waals surface area contributed by atoms with E-state index < -0.39 is 65.2 Å². The second-order valence-electron chi connectivity index (χ2n) is 30.5. The normalized spacial score (nSPS) is 16.3. The van der Waals surface area contributed by atoms with Gasteiger partial charge in [-0.3, -0.25) is 24.0 Å². The lowest BCUT2D eigenvalue weighted by Crippen LogP contribution is -2.55. The van der Waals surface area contributed by atoms with E-state index in [4.69, 9.17) is 15.2 Å². The van der Waals surface area contributed by atoms with Crippen LogP contribution in [0.25, 0.3) is 22.3 Å². The van der Waals surface area contributed by atoms with Crippen molar-refractivity contribution in [3.05, 3.63) is 184 Å². The molecule has 0 amide bonds. The van der Waals surface area contributed by atoms with Gasteiger partial charge in [0.2, 0.25) is 0 Å². The standard InChI is InChI=1S/C42H54F2N2O4.C21H32N2O3.C20H23F2NO2.2H2S/c1-8-50-37(49)22-32(39-40(43)30(7)19-33(41(39)44)38-27(4)12-11-13-28(38)5)21-35(47)34(18-26(2)3)46-23-31(29(6)20-36(46)48)14-17-45-24-42(25-45)15-9-10-16-42;1-15(2)10-18(20(25)26)23-12-17(16(3)11-19(23)24)6-9-22-13-21(14-22)7-4-5-8-21;1-5-25-16(24)10-15(23)18-19(21)13(4)9-14(20(18)22)17-11(2)7-6-8-12(17)3;;/h11-13,19-20,23,26,32,34H,8-10,14-18,21-22,24-25H2,1-7H3;11-12,15,18H,4-10,13-14H2,1-3H3,(H,25,26);6-9,15H,5,10,23H2,1-4H3;2*1H2/t32-,34?;;15-;;/m0.0../s1. The third kappa shape index (κ3) is 20.8. The van der Waals surface area contributed by atoms with Gasteiger partial charge in [0.25, 0.3) is 11.1 Å². The van der Waals surface area contributed by atoms with Gasteiger partial charge < -0.3 is 39.2 Å². The second-order valence-corrected chi connectivity index (χ2v) is 30.5. The summed E-state index contributed by atoms with van der Waals surface area (Å²) in [5.41, 5.74) is 15.8. The average Bonchev–Trinajstić information content (AvgIpc) is 1.69. The number of likely N-dealkylation sites (tertiary alicyclic amines) is 2. The van der Waals surface area contributed by atoms with Gasteiger partial charge in [0.15, 0.2) is 5.78 Å². The number of nitrogens with zero attached hydrogens (tertiary/aromatic N) is 4. The van der Waals surface area contributed by atoms with Gasteiger partial charge in [-0.15, -0.1) is 0 Å². The van der Waals surface area contributed by atoms with E-state index in [1.807, 2.05) is 112 Å². The van der Waals surface area contributed by atoms with Crippen molar-refractivity contribution in [2.24, 2.45) is 28.4 Å². The number of ether oxygens (including phenoxy) is 2. The lowest BCUT2D eigenvalue weighted by molar-refractivity contribution is -0.144. The minimum atomic E-state index is -1.13. The van der Waals surface area contributed by atoms with Gasteiger partial charge in [0.05, 0.1) is 32.1 Å². The fourth-order valence-corrected chi connectivity index (χ4v) is 16.3. The Hall–Kier alpha value is -6.84. The van der Waals surface area contributed by atoms with E-state index in [1.54, 1.807) is 46.0 Å².